The van der Waals surface area contributed by atoms with E-state index in [4.69, 9.17) is 10.2 Å². The van der Waals surface area contributed by atoms with Gasteiger partial charge in [0.2, 0.25) is 0 Å². The Hall–Kier alpha value is -4.84. The first kappa shape index (κ1) is 26.4. The molecule has 6 aromatic rings. The first-order chi connectivity index (χ1) is 20.0. The monoisotopic (exact) mass is 602 g/mol. The molecule has 0 radical (unpaired) electrons. The second-order valence-corrected chi connectivity index (χ2v) is 11.6. The molecule has 0 aliphatic carbocycles. The second-order valence-electron chi connectivity index (χ2n) is 9.52. The van der Waals surface area contributed by atoms with Gasteiger partial charge in [0.05, 0.1) is 0 Å². The molecule has 0 aliphatic heterocycles. The first-order valence-corrected chi connectivity index (χ1v) is 14.9. The van der Waals surface area contributed by atoms with Crippen LogP contribution in [0.1, 0.15) is 43.2 Å². The molecule has 2 aromatic heterocycles. The Labute approximate surface area is 244 Å². The summed E-state index contributed by atoms with van der Waals surface area (Å²) in [5.74, 6) is -0.193. The molecule has 2 heterocycles. The van der Waals surface area contributed by atoms with Crippen molar-refractivity contribution in [1.29, 1.82) is 0 Å². The molecule has 0 fully saturated rings. The predicted molar refractivity (Wildman–Crippen MR) is 161 cm³/mol. The summed E-state index contributed by atoms with van der Waals surface area (Å²) in [4.78, 5) is 28.0. The van der Waals surface area contributed by atoms with Gasteiger partial charge in [0.1, 0.15) is 0 Å². The van der Waals surface area contributed by atoms with Crippen molar-refractivity contribution < 1.29 is 9.59 Å². The number of carbonyl (C=O) groups is 2. The Kier molecular flexibility index (Phi) is 7.30. The van der Waals surface area contributed by atoms with Crippen LogP contribution in [-0.2, 0) is 0 Å². The number of hydrogen-bond donors (Lipinski definition) is 0. The number of para-hydroxylation sites is 2. The minimum absolute atomic E-state index is 0.0967. The van der Waals surface area contributed by atoms with Gasteiger partial charge in [0, 0.05) is 0 Å². The molecular weight excluding hydrogens is 575 g/mol. The van der Waals surface area contributed by atoms with Gasteiger partial charge >= 0.3 is 245 Å². The molecule has 7 heteroatoms. The molecule has 41 heavy (non-hydrogen) atoms. The molecule has 0 N–H and O–H groups in total. The number of rotatable bonds is 8. The average Bonchev–Trinajstić information content (AvgIpc) is 3.53. The van der Waals surface area contributed by atoms with Crippen LogP contribution in [0, 0.1) is 13.8 Å². The molecule has 0 unspecified atom stereocenters. The van der Waals surface area contributed by atoms with E-state index >= 15 is 0 Å². The van der Waals surface area contributed by atoms with Gasteiger partial charge in [-0.25, -0.2) is 0 Å². The van der Waals surface area contributed by atoms with E-state index in [0.717, 1.165) is 20.6 Å². The third kappa shape index (κ3) is 5.09. The summed E-state index contributed by atoms with van der Waals surface area (Å²) in [6.45, 7) is 3.73. The van der Waals surface area contributed by atoms with Crippen molar-refractivity contribution in [3.8, 4) is 11.4 Å². The van der Waals surface area contributed by atoms with Gasteiger partial charge in [-0.05, 0) is 0 Å². The van der Waals surface area contributed by atoms with Crippen molar-refractivity contribution in [3.63, 3.8) is 0 Å². The standard InChI is InChI=1S/C34H26N4O2Se/c1-23-29(31(39)25-15-7-3-8-16-25)33(37(35-23)27-19-11-5-12-20-27)41-34-30(32(40)26-17-9-4-10-18-26)24(2)36-38(34)28-21-13-6-14-22-28/h3-22H,1-2H3. The van der Waals surface area contributed by atoms with Crippen LogP contribution in [-0.4, -0.2) is 46.1 Å². The fraction of sp³-hybridized carbons (Fsp3) is 0.0588. The Morgan fingerprint density at radius 1 is 0.512 bits per heavy atom. The molecule has 0 saturated heterocycles. The molecule has 6 nitrogen and oxygen atoms in total. The molecule has 200 valence electrons. The molecule has 0 amide bonds. The molecular formula is C34H26N4O2Se. The molecule has 0 bridgehead atoms. The van der Waals surface area contributed by atoms with Crippen molar-refractivity contribution in [3.05, 3.63) is 155 Å². The van der Waals surface area contributed by atoms with Crippen LogP contribution in [0.25, 0.3) is 11.4 Å². The summed E-state index contributed by atoms with van der Waals surface area (Å²) in [6, 6.07) is 38.1. The fourth-order valence-electron chi connectivity index (χ4n) is 4.77. The van der Waals surface area contributed by atoms with Crippen molar-refractivity contribution >= 4 is 35.7 Å². The van der Waals surface area contributed by atoms with Crippen LogP contribution in [0.15, 0.2) is 121 Å². The zero-order chi connectivity index (χ0) is 28.3. The van der Waals surface area contributed by atoms with E-state index < -0.39 is 15.0 Å². The van der Waals surface area contributed by atoms with Gasteiger partial charge in [-0.2, -0.15) is 0 Å². The average molecular weight is 602 g/mol. The van der Waals surface area contributed by atoms with Crippen LogP contribution in [0.5, 0.6) is 0 Å². The topological polar surface area (TPSA) is 69.8 Å². The van der Waals surface area contributed by atoms with E-state index in [1.807, 2.05) is 145 Å². The summed E-state index contributed by atoms with van der Waals surface area (Å²) in [6.07, 6.45) is 0. The molecule has 0 spiro atoms. The van der Waals surface area contributed by atoms with E-state index in [1.165, 1.54) is 0 Å². The van der Waals surface area contributed by atoms with Crippen molar-refractivity contribution in [1.82, 2.24) is 19.6 Å². The van der Waals surface area contributed by atoms with E-state index in [-0.39, 0.29) is 11.6 Å². The first-order valence-electron chi connectivity index (χ1n) is 13.2. The molecule has 6 rings (SSSR count). The third-order valence-electron chi connectivity index (χ3n) is 6.76. The number of hydrogen-bond acceptors (Lipinski definition) is 4. The Bertz CT molecular complexity index is 1710. The summed E-state index contributed by atoms with van der Waals surface area (Å²) in [5, 5.41) is 9.72. The molecule has 4 aromatic carbocycles. The Balaban J connectivity index is 1.59. The van der Waals surface area contributed by atoms with E-state index in [0.29, 0.717) is 33.6 Å². The number of nitrogens with zero attached hydrogens (tertiary/aromatic N) is 4. The third-order valence-corrected chi connectivity index (χ3v) is 9.15. The Morgan fingerprint density at radius 3 is 1.17 bits per heavy atom. The van der Waals surface area contributed by atoms with E-state index in [1.54, 1.807) is 0 Å². The van der Waals surface area contributed by atoms with Gasteiger partial charge < -0.3 is 0 Å². The van der Waals surface area contributed by atoms with Crippen molar-refractivity contribution in [2.24, 2.45) is 0 Å². The zero-order valence-electron chi connectivity index (χ0n) is 22.6. The summed E-state index contributed by atoms with van der Waals surface area (Å²) in [7, 11) is 0. The molecule has 0 atom stereocenters. The maximum absolute atomic E-state index is 14.0. The normalized spacial score (nSPS) is 11.0. The second kappa shape index (κ2) is 11.3. The zero-order valence-corrected chi connectivity index (χ0v) is 24.3. The summed E-state index contributed by atoms with van der Waals surface area (Å²) in [5.41, 5.74) is 5.25. The van der Waals surface area contributed by atoms with Crippen LogP contribution >= 0.6 is 0 Å². The van der Waals surface area contributed by atoms with Gasteiger partial charge in [0.15, 0.2) is 0 Å². The van der Waals surface area contributed by atoms with Gasteiger partial charge in [0.25, 0.3) is 0 Å². The van der Waals surface area contributed by atoms with Gasteiger partial charge in [-0.1, -0.05) is 0 Å². The number of carbonyl (C=O) groups excluding carboxylic acids is 2. The van der Waals surface area contributed by atoms with Crippen LogP contribution in [0.4, 0.5) is 0 Å². The predicted octanol–water partition coefficient (Wildman–Crippen LogP) is 4.79. The molecule has 0 aliphatic rings. The van der Waals surface area contributed by atoms with E-state index in [9.17, 15) is 9.59 Å². The number of benzene rings is 4. The number of ketones is 2. The quantitative estimate of drug-likeness (QED) is 0.186. The van der Waals surface area contributed by atoms with Crippen LogP contribution in [0.2, 0.25) is 0 Å². The summed E-state index contributed by atoms with van der Waals surface area (Å²) >= 11 is -0.548. The van der Waals surface area contributed by atoms with Crippen molar-refractivity contribution in [2.45, 2.75) is 13.8 Å². The maximum atomic E-state index is 14.0. The number of aromatic nitrogens is 4. The fourth-order valence-corrected chi connectivity index (χ4v) is 7.57. The van der Waals surface area contributed by atoms with Crippen LogP contribution in [0.3, 0.4) is 0 Å². The van der Waals surface area contributed by atoms with Crippen LogP contribution < -0.4 is 9.18 Å². The SMILES string of the molecule is Cc1nn(-c2ccccc2)c([Se]c2c(C(=O)c3ccccc3)c(C)nn2-c2ccccc2)c1C(=O)c1ccccc1. The number of aryl methyl sites for hydroxylation is 2. The molecule has 0 saturated carbocycles. The van der Waals surface area contributed by atoms with E-state index in [2.05, 4.69) is 0 Å². The van der Waals surface area contributed by atoms with Gasteiger partial charge in [-0.15, -0.1) is 0 Å². The van der Waals surface area contributed by atoms with Crippen molar-refractivity contribution in [2.75, 3.05) is 0 Å². The minimum atomic E-state index is -0.548. The Morgan fingerprint density at radius 2 is 0.829 bits per heavy atom. The summed E-state index contributed by atoms with van der Waals surface area (Å²) < 4.78 is 5.21. The van der Waals surface area contributed by atoms with Gasteiger partial charge in [-0.3, -0.25) is 0 Å².